The molecule has 3 aromatic carbocycles. The maximum Gasteiger partial charge on any atom is 0.300 e. The molecule has 0 bridgehead atoms. The number of amides is 1. The third-order valence-corrected chi connectivity index (χ3v) is 6.11. The molecule has 1 unspecified atom stereocenters. The van der Waals surface area contributed by atoms with Gasteiger partial charge in [0.25, 0.3) is 11.7 Å². The number of hydrogen-bond donors (Lipinski definition) is 1. The van der Waals surface area contributed by atoms with Gasteiger partial charge in [-0.15, -0.1) is 0 Å². The Bertz CT molecular complexity index is 1390. The number of anilines is 1. The second-order valence-electron chi connectivity index (χ2n) is 8.03. The number of fused-ring (bicyclic) bond motifs is 1. The zero-order valence-electron chi connectivity index (χ0n) is 18.1. The lowest BCUT2D eigenvalue weighted by molar-refractivity contribution is -0.132. The highest BCUT2D eigenvalue weighted by atomic mass is 16.3. The molecule has 1 N–H and O–H groups in total. The molecule has 1 aliphatic rings. The standard InChI is InChI=1S/C28H22N2O3/c1-2-18-7-11-23(12-8-18)30-25(20-13-15-29-16-14-20)24(27(32)28(30)33)26(31)22-10-9-19-5-3-4-6-21(19)17-22/h3-17,25,31H,2H2,1H3/b26-24-. The summed E-state index contributed by atoms with van der Waals surface area (Å²) in [6.45, 7) is 2.06. The van der Waals surface area contributed by atoms with Crippen LogP contribution in [0.4, 0.5) is 5.69 Å². The van der Waals surface area contributed by atoms with Gasteiger partial charge in [-0.1, -0.05) is 55.5 Å². The molecule has 5 rings (SSSR count). The van der Waals surface area contributed by atoms with Crippen LogP contribution in [-0.2, 0) is 16.0 Å². The molecule has 1 fully saturated rings. The fraction of sp³-hybridized carbons (Fsp3) is 0.107. The SMILES string of the molecule is CCc1ccc(N2C(=O)C(=O)/C(=C(\O)c3ccc4ccccc4c3)C2c2ccncc2)cc1. The lowest BCUT2D eigenvalue weighted by atomic mass is 9.95. The number of carbonyl (C=O) groups excluding carboxylic acids is 2. The van der Waals surface area contributed by atoms with Gasteiger partial charge < -0.3 is 5.11 Å². The second kappa shape index (κ2) is 8.36. The topological polar surface area (TPSA) is 70.5 Å². The number of aryl methyl sites for hydroxylation is 1. The largest absolute Gasteiger partial charge is 0.507 e. The highest BCUT2D eigenvalue weighted by molar-refractivity contribution is 6.51. The molecule has 0 saturated carbocycles. The van der Waals surface area contributed by atoms with E-state index in [0.29, 0.717) is 16.8 Å². The van der Waals surface area contributed by atoms with Gasteiger partial charge in [-0.25, -0.2) is 0 Å². The van der Waals surface area contributed by atoms with E-state index in [1.54, 1.807) is 30.6 Å². The van der Waals surface area contributed by atoms with Crippen LogP contribution in [0.25, 0.3) is 16.5 Å². The van der Waals surface area contributed by atoms with Crippen molar-refractivity contribution in [2.45, 2.75) is 19.4 Å². The highest BCUT2D eigenvalue weighted by Gasteiger charge is 2.46. The van der Waals surface area contributed by atoms with Crippen LogP contribution in [-0.4, -0.2) is 21.8 Å². The van der Waals surface area contributed by atoms with E-state index in [4.69, 9.17) is 0 Å². The van der Waals surface area contributed by atoms with E-state index in [0.717, 1.165) is 22.8 Å². The molecule has 5 heteroatoms. The van der Waals surface area contributed by atoms with Gasteiger partial charge in [0.1, 0.15) is 5.76 Å². The number of nitrogens with zero attached hydrogens (tertiary/aromatic N) is 2. The highest BCUT2D eigenvalue weighted by Crippen LogP contribution is 2.42. The molecule has 1 atom stereocenters. The number of ketones is 1. The van der Waals surface area contributed by atoms with Gasteiger partial charge in [0.05, 0.1) is 11.6 Å². The number of aromatic nitrogens is 1. The normalized spacial score (nSPS) is 17.6. The van der Waals surface area contributed by atoms with E-state index >= 15 is 0 Å². The quantitative estimate of drug-likeness (QED) is 0.264. The van der Waals surface area contributed by atoms with E-state index in [-0.39, 0.29) is 11.3 Å². The van der Waals surface area contributed by atoms with Crippen molar-refractivity contribution in [1.29, 1.82) is 0 Å². The summed E-state index contributed by atoms with van der Waals surface area (Å²) in [7, 11) is 0. The molecule has 162 valence electrons. The van der Waals surface area contributed by atoms with Crippen LogP contribution in [0.3, 0.4) is 0 Å². The van der Waals surface area contributed by atoms with E-state index < -0.39 is 17.7 Å². The van der Waals surface area contributed by atoms with E-state index in [9.17, 15) is 14.7 Å². The number of benzene rings is 3. The average molecular weight is 434 g/mol. The van der Waals surface area contributed by atoms with E-state index in [1.807, 2.05) is 60.7 Å². The molecular formula is C28H22N2O3. The molecule has 5 nitrogen and oxygen atoms in total. The Kier molecular flexibility index (Phi) is 5.23. The van der Waals surface area contributed by atoms with Crippen molar-refractivity contribution >= 4 is 33.9 Å². The molecule has 2 heterocycles. The van der Waals surface area contributed by atoms with Crippen molar-refractivity contribution in [3.05, 3.63) is 114 Å². The van der Waals surface area contributed by atoms with Gasteiger partial charge in [0, 0.05) is 23.6 Å². The Morgan fingerprint density at radius 2 is 1.61 bits per heavy atom. The number of Topliss-reactive ketones (excluding diaryl/α,β-unsaturated/α-hetero) is 1. The molecule has 0 spiro atoms. The fourth-order valence-electron chi connectivity index (χ4n) is 4.34. The monoisotopic (exact) mass is 434 g/mol. The first-order chi connectivity index (χ1) is 16.1. The summed E-state index contributed by atoms with van der Waals surface area (Å²) >= 11 is 0. The van der Waals surface area contributed by atoms with Gasteiger partial charge >= 0.3 is 0 Å². The molecule has 1 saturated heterocycles. The summed E-state index contributed by atoms with van der Waals surface area (Å²) in [5, 5.41) is 13.3. The third kappa shape index (κ3) is 3.57. The van der Waals surface area contributed by atoms with Gasteiger partial charge in [-0.05, 0) is 58.7 Å². The van der Waals surface area contributed by atoms with Gasteiger partial charge in [0.15, 0.2) is 0 Å². The van der Waals surface area contributed by atoms with Crippen LogP contribution in [0, 0.1) is 0 Å². The minimum Gasteiger partial charge on any atom is -0.507 e. The number of pyridine rings is 1. The number of hydrogen-bond acceptors (Lipinski definition) is 4. The molecule has 0 aliphatic carbocycles. The zero-order chi connectivity index (χ0) is 22.9. The lowest BCUT2D eigenvalue weighted by Gasteiger charge is -2.25. The summed E-state index contributed by atoms with van der Waals surface area (Å²) in [6.07, 6.45) is 4.10. The fourth-order valence-corrected chi connectivity index (χ4v) is 4.34. The van der Waals surface area contributed by atoms with Crippen LogP contribution >= 0.6 is 0 Å². The van der Waals surface area contributed by atoms with Crippen LogP contribution < -0.4 is 4.90 Å². The number of aliphatic hydroxyl groups excluding tert-OH is 1. The van der Waals surface area contributed by atoms with Gasteiger partial charge in [0.2, 0.25) is 0 Å². The molecule has 0 radical (unpaired) electrons. The Morgan fingerprint density at radius 1 is 0.909 bits per heavy atom. The minimum absolute atomic E-state index is 0.0704. The van der Waals surface area contributed by atoms with Crippen molar-refractivity contribution < 1.29 is 14.7 Å². The summed E-state index contributed by atoms with van der Waals surface area (Å²) < 4.78 is 0. The summed E-state index contributed by atoms with van der Waals surface area (Å²) in [6, 6.07) is 23.6. The summed E-state index contributed by atoms with van der Waals surface area (Å²) in [5.74, 6) is -1.56. The minimum atomic E-state index is -0.757. The summed E-state index contributed by atoms with van der Waals surface area (Å²) in [5.41, 5.74) is 3.00. The van der Waals surface area contributed by atoms with Crippen molar-refractivity contribution in [2.24, 2.45) is 0 Å². The van der Waals surface area contributed by atoms with Crippen molar-refractivity contribution in [2.75, 3.05) is 4.90 Å². The van der Waals surface area contributed by atoms with Crippen LogP contribution in [0.5, 0.6) is 0 Å². The zero-order valence-corrected chi connectivity index (χ0v) is 18.1. The molecule has 4 aromatic rings. The first-order valence-electron chi connectivity index (χ1n) is 10.9. The van der Waals surface area contributed by atoms with E-state index in [1.165, 1.54) is 4.90 Å². The van der Waals surface area contributed by atoms with Crippen molar-refractivity contribution in [3.63, 3.8) is 0 Å². The van der Waals surface area contributed by atoms with Crippen LogP contribution in [0.15, 0.2) is 96.8 Å². The Morgan fingerprint density at radius 3 is 2.30 bits per heavy atom. The molecular weight excluding hydrogens is 412 g/mol. The summed E-state index contributed by atoms with van der Waals surface area (Å²) in [4.78, 5) is 32.0. The first kappa shape index (κ1) is 20.6. The maximum absolute atomic E-state index is 13.2. The van der Waals surface area contributed by atoms with E-state index in [2.05, 4.69) is 11.9 Å². The van der Waals surface area contributed by atoms with Gasteiger partial charge in [-0.3, -0.25) is 19.5 Å². The van der Waals surface area contributed by atoms with Gasteiger partial charge in [-0.2, -0.15) is 0 Å². The lowest BCUT2D eigenvalue weighted by Crippen LogP contribution is -2.29. The number of carbonyl (C=O) groups is 2. The van der Waals surface area contributed by atoms with Crippen molar-refractivity contribution in [3.8, 4) is 0 Å². The smallest absolute Gasteiger partial charge is 0.300 e. The first-order valence-corrected chi connectivity index (χ1v) is 10.9. The Balaban J connectivity index is 1.70. The average Bonchev–Trinajstić information content (AvgIpc) is 3.14. The maximum atomic E-state index is 13.2. The molecule has 33 heavy (non-hydrogen) atoms. The van der Waals surface area contributed by atoms with Crippen molar-refractivity contribution in [1.82, 2.24) is 4.98 Å². The predicted molar refractivity (Wildman–Crippen MR) is 129 cm³/mol. The van der Waals surface area contributed by atoms with Crippen LogP contribution in [0.1, 0.15) is 29.7 Å². The van der Waals surface area contributed by atoms with Crippen LogP contribution in [0.2, 0.25) is 0 Å². The molecule has 1 aliphatic heterocycles. The molecule has 1 aromatic heterocycles. The Hall–Kier alpha value is -4.25. The number of rotatable bonds is 4. The number of aliphatic hydroxyl groups is 1. The second-order valence-corrected chi connectivity index (χ2v) is 8.03. The molecule has 1 amide bonds. The predicted octanol–water partition coefficient (Wildman–Crippen LogP) is 5.42. The Labute approximate surface area is 191 Å². The third-order valence-electron chi connectivity index (χ3n) is 6.11.